The quantitative estimate of drug-likeness (QED) is 0.717. The van der Waals surface area contributed by atoms with Crippen molar-refractivity contribution in [1.82, 2.24) is 14.6 Å². The predicted octanol–water partition coefficient (Wildman–Crippen LogP) is 3.36. The van der Waals surface area contributed by atoms with Crippen molar-refractivity contribution in [3.63, 3.8) is 0 Å². The fraction of sp³-hybridized carbons (Fsp3) is 0.400. The highest BCUT2D eigenvalue weighted by Gasteiger charge is 2.34. The molecule has 2 aromatic heterocycles. The van der Waals surface area contributed by atoms with Crippen LogP contribution in [0.25, 0.3) is 5.65 Å². The minimum Gasteiger partial charge on any atom is -0.370 e. The molecule has 0 radical (unpaired) electrons. The van der Waals surface area contributed by atoms with E-state index in [-0.39, 0.29) is 0 Å². The second-order valence-corrected chi connectivity index (χ2v) is 6.97. The second kappa shape index (κ2) is 6.15. The zero-order valence-corrected chi connectivity index (χ0v) is 14.3. The normalized spacial score (nSPS) is 17.0. The van der Waals surface area contributed by atoms with E-state index in [0.29, 0.717) is 19.3 Å². The number of anilines is 1. The molecule has 0 saturated heterocycles. The van der Waals surface area contributed by atoms with Crippen molar-refractivity contribution in [3.8, 4) is 0 Å². The Bertz CT molecular complexity index is 885. The highest BCUT2D eigenvalue weighted by Crippen LogP contribution is 2.37. The number of hydrogen-bond acceptors (Lipinski definition) is 4. The number of benzene rings is 1. The molecule has 1 aromatic carbocycles. The van der Waals surface area contributed by atoms with E-state index in [1.54, 1.807) is 0 Å². The zero-order chi connectivity index (χ0) is 16.6. The van der Waals surface area contributed by atoms with Crippen LogP contribution in [0, 0.1) is 0 Å². The molecular formula is C20H22N4O. The Balaban J connectivity index is 1.43. The molecule has 25 heavy (non-hydrogen) atoms. The third-order valence-electron chi connectivity index (χ3n) is 5.43. The molecule has 0 spiro atoms. The van der Waals surface area contributed by atoms with Gasteiger partial charge in [-0.25, -0.2) is 4.98 Å². The van der Waals surface area contributed by atoms with E-state index in [1.807, 2.05) is 35.0 Å². The Morgan fingerprint density at radius 1 is 1.08 bits per heavy atom. The van der Waals surface area contributed by atoms with Gasteiger partial charge in [-0.2, -0.15) is 9.61 Å². The molecule has 0 amide bonds. The molecule has 5 heteroatoms. The van der Waals surface area contributed by atoms with Crippen LogP contribution in [-0.4, -0.2) is 27.2 Å². The summed E-state index contributed by atoms with van der Waals surface area (Å²) in [4.78, 5) is 7.37. The van der Waals surface area contributed by atoms with Gasteiger partial charge in [-0.15, -0.1) is 0 Å². The summed E-state index contributed by atoms with van der Waals surface area (Å²) in [6.45, 7) is 2.25. The van der Waals surface area contributed by atoms with Gasteiger partial charge in [-0.05, 0) is 31.2 Å². The average molecular weight is 334 g/mol. The second-order valence-electron chi connectivity index (χ2n) is 6.97. The number of nitrogens with zero attached hydrogens (tertiary/aromatic N) is 4. The molecule has 0 atom stereocenters. The molecule has 2 aliphatic rings. The Hall–Kier alpha value is -2.40. The van der Waals surface area contributed by atoms with Gasteiger partial charge in [0.2, 0.25) is 0 Å². The maximum absolute atomic E-state index is 5.98. The van der Waals surface area contributed by atoms with Gasteiger partial charge in [0.05, 0.1) is 25.1 Å². The van der Waals surface area contributed by atoms with Gasteiger partial charge in [0.1, 0.15) is 5.82 Å². The lowest BCUT2D eigenvalue weighted by atomic mass is 9.92. The lowest BCUT2D eigenvalue weighted by molar-refractivity contribution is 0.104. The van der Waals surface area contributed by atoms with Gasteiger partial charge in [-0.3, -0.25) is 0 Å². The largest absolute Gasteiger partial charge is 0.370 e. The fourth-order valence-electron chi connectivity index (χ4n) is 3.91. The molecule has 0 N–H and O–H groups in total. The van der Waals surface area contributed by atoms with Crippen molar-refractivity contribution in [2.75, 3.05) is 11.4 Å². The average Bonchev–Trinajstić information content (AvgIpc) is 3.21. The summed E-state index contributed by atoms with van der Waals surface area (Å²) in [5.41, 5.74) is 4.50. The Morgan fingerprint density at radius 2 is 1.96 bits per heavy atom. The first-order valence-corrected chi connectivity index (χ1v) is 9.14. The number of ether oxygens (including phenoxy) is 1. The molecule has 3 heterocycles. The topological polar surface area (TPSA) is 42.7 Å². The first-order valence-electron chi connectivity index (χ1n) is 9.14. The minimum atomic E-state index is 0.553. The van der Waals surface area contributed by atoms with E-state index < -0.39 is 0 Å². The van der Waals surface area contributed by atoms with Crippen LogP contribution < -0.4 is 4.90 Å². The van der Waals surface area contributed by atoms with Gasteiger partial charge in [-0.1, -0.05) is 30.3 Å². The summed E-state index contributed by atoms with van der Waals surface area (Å²) in [5, 5.41) is 4.52. The number of rotatable bonds is 5. The molecular weight excluding hydrogens is 312 g/mol. The van der Waals surface area contributed by atoms with E-state index in [4.69, 9.17) is 9.72 Å². The number of hydrogen-bond donors (Lipinski definition) is 0. The van der Waals surface area contributed by atoms with Gasteiger partial charge in [0.25, 0.3) is 0 Å². The molecule has 0 unspecified atom stereocenters. The highest BCUT2D eigenvalue weighted by atomic mass is 16.5. The SMILES string of the molecule is c1ccc(COCc2nc3ccnn3c3c2CCN3C2CCC2)cc1. The van der Waals surface area contributed by atoms with Crippen molar-refractivity contribution in [2.24, 2.45) is 0 Å². The van der Waals surface area contributed by atoms with Crippen LogP contribution in [-0.2, 0) is 24.4 Å². The van der Waals surface area contributed by atoms with E-state index >= 15 is 0 Å². The third-order valence-corrected chi connectivity index (χ3v) is 5.43. The Morgan fingerprint density at radius 3 is 2.76 bits per heavy atom. The van der Waals surface area contributed by atoms with Crippen molar-refractivity contribution in [3.05, 3.63) is 59.4 Å². The minimum absolute atomic E-state index is 0.553. The first kappa shape index (κ1) is 14.9. The summed E-state index contributed by atoms with van der Waals surface area (Å²) in [5.74, 6) is 1.25. The maximum atomic E-state index is 5.98. The summed E-state index contributed by atoms with van der Waals surface area (Å²) >= 11 is 0. The summed E-state index contributed by atoms with van der Waals surface area (Å²) in [7, 11) is 0. The van der Waals surface area contributed by atoms with Crippen LogP contribution in [0.5, 0.6) is 0 Å². The molecule has 1 aliphatic carbocycles. The molecule has 128 valence electrons. The zero-order valence-electron chi connectivity index (χ0n) is 14.3. The van der Waals surface area contributed by atoms with E-state index in [9.17, 15) is 0 Å². The summed E-state index contributed by atoms with van der Waals surface area (Å²) in [6, 6.07) is 13.0. The van der Waals surface area contributed by atoms with Gasteiger partial charge in [0, 0.05) is 24.2 Å². The molecule has 1 aliphatic heterocycles. The van der Waals surface area contributed by atoms with Crippen molar-refractivity contribution >= 4 is 11.5 Å². The van der Waals surface area contributed by atoms with Crippen LogP contribution in [0.15, 0.2) is 42.6 Å². The predicted molar refractivity (Wildman–Crippen MR) is 96.6 cm³/mol. The third kappa shape index (κ3) is 2.59. The van der Waals surface area contributed by atoms with Crippen molar-refractivity contribution < 1.29 is 4.74 Å². The fourth-order valence-corrected chi connectivity index (χ4v) is 3.91. The monoisotopic (exact) mass is 334 g/mol. The lowest BCUT2D eigenvalue weighted by Gasteiger charge is -2.36. The summed E-state index contributed by atoms with van der Waals surface area (Å²) in [6.07, 6.45) is 6.82. The molecule has 5 nitrogen and oxygen atoms in total. The Labute approximate surface area is 147 Å². The van der Waals surface area contributed by atoms with Gasteiger partial charge >= 0.3 is 0 Å². The number of aromatic nitrogens is 3. The number of fused-ring (bicyclic) bond motifs is 3. The maximum Gasteiger partial charge on any atom is 0.157 e. The van der Waals surface area contributed by atoms with Crippen LogP contribution >= 0.6 is 0 Å². The molecule has 1 saturated carbocycles. The van der Waals surface area contributed by atoms with Crippen LogP contribution in [0.1, 0.15) is 36.1 Å². The smallest absolute Gasteiger partial charge is 0.157 e. The highest BCUT2D eigenvalue weighted by molar-refractivity contribution is 5.61. The van der Waals surface area contributed by atoms with Gasteiger partial charge < -0.3 is 9.64 Å². The Kier molecular flexibility index (Phi) is 3.67. The molecule has 5 rings (SSSR count). The first-order chi connectivity index (χ1) is 12.4. The van der Waals surface area contributed by atoms with E-state index in [0.717, 1.165) is 24.3 Å². The standard InChI is InChI=1S/C20H22N4O/c1-2-5-15(6-3-1)13-25-14-18-17-10-12-23(16-7-4-8-16)20(17)24-19(22-18)9-11-21-24/h1-3,5-6,9,11,16H,4,7-8,10,12-14H2. The van der Waals surface area contributed by atoms with Crippen LogP contribution in [0.3, 0.4) is 0 Å². The van der Waals surface area contributed by atoms with Crippen molar-refractivity contribution in [2.45, 2.75) is 44.9 Å². The van der Waals surface area contributed by atoms with Gasteiger partial charge in [0.15, 0.2) is 5.65 Å². The molecule has 3 aromatic rings. The van der Waals surface area contributed by atoms with Crippen LogP contribution in [0.2, 0.25) is 0 Å². The van der Waals surface area contributed by atoms with Crippen LogP contribution in [0.4, 0.5) is 5.82 Å². The van der Waals surface area contributed by atoms with E-state index in [1.165, 1.54) is 36.2 Å². The van der Waals surface area contributed by atoms with E-state index in [2.05, 4.69) is 22.1 Å². The summed E-state index contributed by atoms with van der Waals surface area (Å²) < 4.78 is 8.00. The van der Waals surface area contributed by atoms with Crippen molar-refractivity contribution in [1.29, 1.82) is 0 Å². The molecule has 0 bridgehead atoms. The lowest BCUT2D eigenvalue weighted by Crippen LogP contribution is -2.39. The molecule has 1 fully saturated rings.